The van der Waals surface area contributed by atoms with Gasteiger partial charge in [0.25, 0.3) is 0 Å². The van der Waals surface area contributed by atoms with E-state index in [1.54, 1.807) is 13.8 Å². The number of rotatable bonds is 4. The summed E-state index contributed by atoms with van der Waals surface area (Å²) in [5.41, 5.74) is 0.699. The van der Waals surface area contributed by atoms with Crippen molar-refractivity contribution in [1.29, 1.82) is 0 Å². The zero-order valence-electron chi connectivity index (χ0n) is 11.2. The first kappa shape index (κ1) is 15.2. The Morgan fingerprint density at radius 2 is 1.95 bits per heavy atom. The summed E-state index contributed by atoms with van der Waals surface area (Å²) in [5.74, 6) is -0.749. The smallest absolute Gasteiger partial charge is 0.411 e. The number of Topliss-reactive ketones (excluding diaryl/α,β-unsaturated/α-hetero) is 1. The van der Waals surface area contributed by atoms with Gasteiger partial charge in [-0.25, -0.2) is 9.59 Å². The maximum Gasteiger partial charge on any atom is 0.411 e. The van der Waals surface area contributed by atoms with Crippen molar-refractivity contribution < 1.29 is 23.9 Å². The molecular formula is C12H15NO5S. The summed E-state index contributed by atoms with van der Waals surface area (Å²) in [5, 5.41) is 2.68. The third-order valence-corrected chi connectivity index (χ3v) is 3.66. The fourth-order valence-electron chi connectivity index (χ4n) is 1.53. The van der Waals surface area contributed by atoms with Crippen LogP contribution in [0.5, 0.6) is 0 Å². The fourth-order valence-corrected chi connectivity index (χ4v) is 2.61. The molecule has 0 aliphatic carbocycles. The third kappa shape index (κ3) is 3.31. The summed E-state index contributed by atoms with van der Waals surface area (Å²) >= 11 is 1.03. The lowest BCUT2D eigenvalue weighted by molar-refractivity contribution is 0.0527. The maximum atomic E-state index is 11.9. The molecule has 0 saturated carbocycles. The monoisotopic (exact) mass is 285 g/mol. The average Bonchev–Trinajstić information content (AvgIpc) is 2.66. The molecule has 0 unspecified atom stereocenters. The van der Waals surface area contributed by atoms with Crippen molar-refractivity contribution in [3.63, 3.8) is 0 Å². The first-order valence-corrected chi connectivity index (χ1v) is 6.40. The molecule has 0 spiro atoms. The standard InChI is InChI=1S/C12H15NO5S/c1-5-18-11(15)8-6(2)9(7(3)14)19-10(8)13-12(16)17-4/h5H2,1-4H3,(H,13,16). The van der Waals surface area contributed by atoms with Gasteiger partial charge in [-0.05, 0) is 26.3 Å². The van der Waals surface area contributed by atoms with Crippen LogP contribution < -0.4 is 5.32 Å². The Hall–Kier alpha value is -1.89. The van der Waals surface area contributed by atoms with Crippen molar-refractivity contribution in [2.45, 2.75) is 20.8 Å². The van der Waals surface area contributed by atoms with Gasteiger partial charge in [0, 0.05) is 0 Å². The fraction of sp³-hybridized carbons (Fsp3) is 0.417. The van der Waals surface area contributed by atoms with E-state index in [4.69, 9.17) is 4.74 Å². The molecule has 0 saturated heterocycles. The molecule has 1 amide bonds. The molecule has 0 aliphatic heterocycles. The number of thiophene rings is 1. The van der Waals surface area contributed by atoms with Crippen LogP contribution in [0.1, 0.15) is 39.4 Å². The number of esters is 1. The van der Waals surface area contributed by atoms with Gasteiger partial charge in [-0.1, -0.05) is 0 Å². The lowest BCUT2D eigenvalue weighted by Crippen LogP contribution is -2.14. The van der Waals surface area contributed by atoms with E-state index in [2.05, 4.69) is 10.1 Å². The molecule has 1 aromatic heterocycles. The summed E-state index contributed by atoms with van der Waals surface area (Å²) in [6, 6.07) is 0. The van der Waals surface area contributed by atoms with Crippen LogP contribution in [-0.2, 0) is 9.47 Å². The molecule has 0 bridgehead atoms. The molecule has 1 heterocycles. The van der Waals surface area contributed by atoms with E-state index in [1.807, 2.05) is 0 Å². The van der Waals surface area contributed by atoms with Crippen molar-refractivity contribution in [1.82, 2.24) is 0 Å². The summed E-state index contributed by atoms with van der Waals surface area (Å²) < 4.78 is 9.40. The highest BCUT2D eigenvalue weighted by Crippen LogP contribution is 2.34. The Labute approximate surface area is 114 Å². The molecule has 0 aromatic carbocycles. The van der Waals surface area contributed by atoms with Crippen molar-refractivity contribution in [3.8, 4) is 0 Å². The second-order valence-electron chi connectivity index (χ2n) is 3.65. The highest BCUT2D eigenvalue weighted by molar-refractivity contribution is 7.18. The van der Waals surface area contributed by atoms with Gasteiger partial charge in [-0.2, -0.15) is 0 Å². The number of anilines is 1. The zero-order valence-corrected chi connectivity index (χ0v) is 12.0. The second-order valence-corrected chi connectivity index (χ2v) is 4.67. The van der Waals surface area contributed by atoms with E-state index < -0.39 is 12.1 Å². The van der Waals surface area contributed by atoms with Gasteiger partial charge in [-0.15, -0.1) is 11.3 Å². The number of nitrogens with one attached hydrogen (secondary N) is 1. The van der Waals surface area contributed by atoms with E-state index >= 15 is 0 Å². The lowest BCUT2D eigenvalue weighted by atomic mass is 10.1. The SMILES string of the molecule is CCOC(=O)c1c(NC(=O)OC)sc(C(C)=O)c1C. The number of carbonyl (C=O) groups is 3. The minimum absolute atomic E-state index is 0.175. The molecule has 0 aliphatic rings. The van der Waals surface area contributed by atoms with Gasteiger partial charge in [-0.3, -0.25) is 10.1 Å². The van der Waals surface area contributed by atoms with Crippen molar-refractivity contribution in [3.05, 3.63) is 16.0 Å². The van der Waals surface area contributed by atoms with Crippen LogP contribution in [0, 0.1) is 6.92 Å². The first-order chi connectivity index (χ1) is 8.92. The Morgan fingerprint density at radius 3 is 2.42 bits per heavy atom. The Morgan fingerprint density at radius 1 is 1.32 bits per heavy atom. The summed E-state index contributed by atoms with van der Waals surface area (Å²) in [7, 11) is 1.21. The third-order valence-electron chi connectivity index (χ3n) is 2.35. The summed E-state index contributed by atoms with van der Waals surface area (Å²) in [6.07, 6.45) is -0.707. The highest BCUT2D eigenvalue weighted by Gasteiger charge is 2.25. The Bertz CT molecular complexity index is 520. The van der Waals surface area contributed by atoms with Crippen molar-refractivity contribution in [2.24, 2.45) is 0 Å². The van der Waals surface area contributed by atoms with Crippen LogP contribution in [0.15, 0.2) is 0 Å². The molecule has 104 valence electrons. The number of carbonyl (C=O) groups excluding carboxylic acids is 3. The van der Waals surface area contributed by atoms with Crippen LogP contribution in [0.2, 0.25) is 0 Å². The number of hydrogen-bond donors (Lipinski definition) is 1. The van der Waals surface area contributed by atoms with Gasteiger partial charge in [0.1, 0.15) is 5.00 Å². The van der Waals surface area contributed by atoms with E-state index in [-0.39, 0.29) is 23.0 Å². The van der Waals surface area contributed by atoms with Gasteiger partial charge in [0.05, 0.1) is 24.2 Å². The van der Waals surface area contributed by atoms with Crippen LogP contribution in [-0.4, -0.2) is 31.6 Å². The van der Waals surface area contributed by atoms with E-state index in [0.717, 1.165) is 11.3 Å². The molecule has 1 N–H and O–H groups in total. The van der Waals surface area contributed by atoms with Crippen LogP contribution in [0.4, 0.5) is 9.80 Å². The quantitative estimate of drug-likeness (QED) is 0.679. The maximum absolute atomic E-state index is 11.9. The molecule has 0 radical (unpaired) electrons. The van der Waals surface area contributed by atoms with Crippen molar-refractivity contribution in [2.75, 3.05) is 19.0 Å². The minimum atomic E-state index is -0.707. The van der Waals surface area contributed by atoms with Gasteiger partial charge in [0.2, 0.25) is 0 Å². The Kier molecular flexibility index (Phi) is 5.05. The average molecular weight is 285 g/mol. The minimum Gasteiger partial charge on any atom is -0.462 e. The normalized spacial score (nSPS) is 9.89. The summed E-state index contributed by atoms with van der Waals surface area (Å²) in [4.78, 5) is 35.0. The van der Waals surface area contributed by atoms with Crippen LogP contribution in [0.25, 0.3) is 0 Å². The summed E-state index contributed by atoms with van der Waals surface area (Å²) in [6.45, 7) is 4.93. The molecule has 7 heteroatoms. The van der Waals surface area contributed by atoms with Crippen LogP contribution in [0.3, 0.4) is 0 Å². The predicted octanol–water partition coefficient (Wildman–Crippen LogP) is 2.61. The highest BCUT2D eigenvalue weighted by atomic mass is 32.1. The topological polar surface area (TPSA) is 81.7 Å². The van der Waals surface area contributed by atoms with Crippen molar-refractivity contribution >= 4 is 34.2 Å². The van der Waals surface area contributed by atoms with Gasteiger partial charge in [0.15, 0.2) is 5.78 Å². The zero-order chi connectivity index (χ0) is 14.6. The lowest BCUT2D eigenvalue weighted by Gasteiger charge is -2.05. The molecule has 1 aromatic rings. The van der Waals surface area contributed by atoms with E-state index in [9.17, 15) is 14.4 Å². The van der Waals surface area contributed by atoms with E-state index in [1.165, 1.54) is 14.0 Å². The molecule has 0 fully saturated rings. The molecule has 1 rings (SSSR count). The number of ketones is 1. The predicted molar refractivity (Wildman–Crippen MR) is 71.0 cm³/mol. The van der Waals surface area contributed by atoms with Gasteiger partial charge < -0.3 is 9.47 Å². The largest absolute Gasteiger partial charge is 0.462 e. The molecule has 0 atom stereocenters. The Balaban J connectivity index is 3.26. The second kappa shape index (κ2) is 6.33. The molecular weight excluding hydrogens is 270 g/mol. The number of hydrogen-bond acceptors (Lipinski definition) is 6. The van der Waals surface area contributed by atoms with E-state index in [0.29, 0.717) is 10.4 Å². The molecule has 19 heavy (non-hydrogen) atoms. The van der Waals surface area contributed by atoms with Gasteiger partial charge >= 0.3 is 12.1 Å². The number of ether oxygens (including phenoxy) is 2. The van der Waals surface area contributed by atoms with Crippen LogP contribution >= 0.6 is 11.3 Å². The number of methoxy groups -OCH3 is 1. The molecule has 6 nitrogen and oxygen atoms in total. The first-order valence-electron chi connectivity index (χ1n) is 5.58. The number of amides is 1.